The van der Waals surface area contributed by atoms with Crippen molar-refractivity contribution in [2.45, 2.75) is 25.4 Å². The zero-order valence-electron chi connectivity index (χ0n) is 20.3. The normalized spacial score (nSPS) is 13.1. The van der Waals surface area contributed by atoms with Gasteiger partial charge in [-0.3, -0.25) is 14.5 Å². The first-order valence-electron chi connectivity index (χ1n) is 11.8. The number of benzene rings is 1. The van der Waals surface area contributed by atoms with Gasteiger partial charge in [0.1, 0.15) is 11.6 Å². The van der Waals surface area contributed by atoms with Gasteiger partial charge >= 0.3 is 0 Å². The van der Waals surface area contributed by atoms with Gasteiger partial charge in [0.2, 0.25) is 0 Å². The molecule has 37 heavy (non-hydrogen) atoms. The number of nitrogen functional groups attached to an aromatic ring is 1. The van der Waals surface area contributed by atoms with E-state index in [1.165, 1.54) is 6.07 Å². The molecule has 1 aliphatic rings. The lowest BCUT2D eigenvalue weighted by Gasteiger charge is -2.22. The summed E-state index contributed by atoms with van der Waals surface area (Å²) in [4.78, 5) is 28.3. The predicted molar refractivity (Wildman–Crippen MR) is 137 cm³/mol. The van der Waals surface area contributed by atoms with Crippen LogP contribution in [-0.4, -0.2) is 46.1 Å². The first kappa shape index (κ1) is 22.7. The minimum absolute atomic E-state index is 0.00831. The molecule has 0 aliphatic heterocycles. The van der Waals surface area contributed by atoms with E-state index in [1.54, 1.807) is 41.3 Å². The van der Waals surface area contributed by atoms with E-state index < -0.39 is 5.82 Å². The Bertz CT molecular complexity index is 1740. The number of anilines is 1. The average Bonchev–Trinajstić information content (AvgIpc) is 3.53. The molecule has 0 radical (unpaired) electrons. The molecule has 1 amide bonds. The van der Waals surface area contributed by atoms with Gasteiger partial charge in [0.05, 0.1) is 40.4 Å². The Balaban J connectivity index is 1.30. The summed E-state index contributed by atoms with van der Waals surface area (Å²) in [5.41, 5.74) is 8.56. The van der Waals surface area contributed by atoms with Crippen LogP contribution in [0.1, 0.15) is 40.3 Å². The van der Waals surface area contributed by atoms with E-state index in [0.717, 1.165) is 18.4 Å². The molecule has 0 unspecified atom stereocenters. The van der Waals surface area contributed by atoms with Crippen molar-refractivity contribution >= 4 is 33.5 Å². The molecule has 6 rings (SSSR count). The molecule has 184 valence electrons. The molecule has 1 fully saturated rings. The van der Waals surface area contributed by atoms with Crippen molar-refractivity contribution in [3.63, 3.8) is 0 Å². The molecular formula is C27H23FN8O. The quantitative estimate of drug-likeness (QED) is 0.385. The molecule has 1 aromatic carbocycles. The topological polar surface area (TPSA) is 108 Å². The van der Waals surface area contributed by atoms with Gasteiger partial charge in [-0.25, -0.2) is 14.4 Å². The number of carbonyl (C=O) groups excluding carboxylic acids is 1. The first-order valence-corrected chi connectivity index (χ1v) is 11.8. The molecule has 0 bridgehead atoms. The maximum Gasteiger partial charge on any atom is 0.257 e. The van der Waals surface area contributed by atoms with Gasteiger partial charge in [-0.1, -0.05) is 5.92 Å². The lowest BCUT2D eigenvalue weighted by molar-refractivity contribution is 0.0723. The number of hydrogen-bond acceptors (Lipinski definition) is 6. The van der Waals surface area contributed by atoms with Gasteiger partial charge in [-0.05, 0) is 37.0 Å². The Morgan fingerprint density at radius 2 is 2.00 bits per heavy atom. The van der Waals surface area contributed by atoms with Crippen LogP contribution >= 0.6 is 0 Å². The standard InChI is InChI=1S/C27H23FN8O/c1-34-10-9-30-24(34)8-4-16-3-5-17(31-13-16)15-36(18-6-7-18)27(37)19-11-20-23(12-22(19)28)33-26(29)21-14-32-35(2)25(20)21/h3,5,9-14,18H,6-7,15H2,1-2H3,(H2,29,33). The number of aromatic nitrogens is 6. The van der Waals surface area contributed by atoms with Crippen LogP contribution < -0.4 is 5.73 Å². The Kier molecular flexibility index (Phi) is 5.34. The summed E-state index contributed by atoms with van der Waals surface area (Å²) in [5, 5.41) is 5.54. The molecule has 0 atom stereocenters. The predicted octanol–water partition coefficient (Wildman–Crippen LogP) is 3.18. The molecule has 10 heteroatoms. The fraction of sp³-hybridized carbons (Fsp3) is 0.222. The highest BCUT2D eigenvalue weighted by molar-refractivity contribution is 6.10. The minimum atomic E-state index is -0.635. The lowest BCUT2D eigenvalue weighted by atomic mass is 10.1. The van der Waals surface area contributed by atoms with Crippen molar-refractivity contribution in [3.8, 4) is 11.8 Å². The van der Waals surface area contributed by atoms with Crippen molar-refractivity contribution in [1.29, 1.82) is 0 Å². The average molecular weight is 495 g/mol. The van der Waals surface area contributed by atoms with Crippen LogP contribution in [0.5, 0.6) is 0 Å². The number of imidazole rings is 1. The summed E-state index contributed by atoms with van der Waals surface area (Å²) in [6, 6.07) is 6.58. The summed E-state index contributed by atoms with van der Waals surface area (Å²) >= 11 is 0. The van der Waals surface area contributed by atoms with E-state index in [1.807, 2.05) is 29.9 Å². The fourth-order valence-corrected chi connectivity index (χ4v) is 4.43. The minimum Gasteiger partial charge on any atom is -0.383 e. The van der Waals surface area contributed by atoms with Crippen LogP contribution in [0.4, 0.5) is 10.2 Å². The molecule has 1 saturated carbocycles. The second kappa shape index (κ2) is 8.71. The van der Waals surface area contributed by atoms with Gasteiger partial charge in [0.25, 0.3) is 5.91 Å². The van der Waals surface area contributed by atoms with Crippen LogP contribution in [-0.2, 0) is 20.6 Å². The van der Waals surface area contributed by atoms with Crippen molar-refractivity contribution in [2.24, 2.45) is 14.1 Å². The van der Waals surface area contributed by atoms with Crippen molar-refractivity contribution in [1.82, 2.24) is 34.2 Å². The molecule has 5 aromatic rings. The van der Waals surface area contributed by atoms with Crippen molar-refractivity contribution in [2.75, 3.05) is 5.73 Å². The number of aryl methyl sites for hydroxylation is 2. The van der Waals surface area contributed by atoms with Crippen LogP contribution in [0.15, 0.2) is 49.1 Å². The molecule has 9 nitrogen and oxygen atoms in total. The van der Waals surface area contributed by atoms with Crippen LogP contribution in [0.2, 0.25) is 0 Å². The van der Waals surface area contributed by atoms with Gasteiger partial charge < -0.3 is 15.2 Å². The van der Waals surface area contributed by atoms with Gasteiger partial charge in [-0.2, -0.15) is 5.10 Å². The fourth-order valence-electron chi connectivity index (χ4n) is 4.43. The molecular weight excluding hydrogens is 471 g/mol. The van der Waals surface area contributed by atoms with E-state index in [-0.39, 0.29) is 29.9 Å². The van der Waals surface area contributed by atoms with Gasteiger partial charge in [0, 0.05) is 55.7 Å². The van der Waals surface area contributed by atoms with E-state index in [9.17, 15) is 4.79 Å². The van der Waals surface area contributed by atoms with E-state index in [0.29, 0.717) is 33.3 Å². The summed E-state index contributed by atoms with van der Waals surface area (Å²) in [6.45, 7) is 0.273. The molecule has 0 spiro atoms. The summed E-state index contributed by atoms with van der Waals surface area (Å²) in [6.07, 6.45) is 8.56. The number of fused-ring (bicyclic) bond motifs is 3. The zero-order chi connectivity index (χ0) is 25.7. The number of halogens is 1. The maximum atomic E-state index is 15.2. The van der Waals surface area contributed by atoms with Gasteiger partial charge in [-0.15, -0.1) is 0 Å². The third-order valence-electron chi connectivity index (χ3n) is 6.57. The highest BCUT2D eigenvalue weighted by Gasteiger charge is 2.34. The number of nitrogens with two attached hydrogens (primary N) is 1. The smallest absolute Gasteiger partial charge is 0.257 e. The summed E-state index contributed by atoms with van der Waals surface area (Å²) in [5.74, 6) is 5.98. The Hall–Kier alpha value is -4.78. The van der Waals surface area contributed by atoms with Crippen LogP contribution in [0, 0.1) is 17.7 Å². The maximum absolute atomic E-state index is 15.2. The number of nitrogens with zero attached hydrogens (tertiary/aromatic N) is 7. The van der Waals surface area contributed by atoms with E-state index >= 15 is 4.39 Å². The molecule has 0 saturated heterocycles. The van der Waals surface area contributed by atoms with Crippen molar-refractivity contribution in [3.05, 3.63) is 77.5 Å². The first-order chi connectivity index (χ1) is 17.9. The number of rotatable bonds is 4. The third-order valence-corrected chi connectivity index (χ3v) is 6.57. The third kappa shape index (κ3) is 4.14. The van der Waals surface area contributed by atoms with Gasteiger partial charge in [0.15, 0.2) is 5.82 Å². The number of carbonyl (C=O) groups is 1. The summed E-state index contributed by atoms with van der Waals surface area (Å²) < 4.78 is 18.7. The largest absolute Gasteiger partial charge is 0.383 e. The van der Waals surface area contributed by atoms with Crippen LogP contribution in [0.25, 0.3) is 21.8 Å². The number of pyridine rings is 2. The lowest BCUT2D eigenvalue weighted by Crippen LogP contribution is -2.33. The van der Waals surface area contributed by atoms with E-state index in [2.05, 4.69) is 31.9 Å². The second-order valence-corrected chi connectivity index (χ2v) is 9.19. The monoisotopic (exact) mass is 494 g/mol. The molecule has 1 aliphatic carbocycles. The highest BCUT2D eigenvalue weighted by atomic mass is 19.1. The van der Waals surface area contributed by atoms with E-state index in [4.69, 9.17) is 5.73 Å². The Morgan fingerprint density at radius 3 is 2.70 bits per heavy atom. The molecule has 4 heterocycles. The second-order valence-electron chi connectivity index (χ2n) is 9.19. The van der Waals surface area contributed by atoms with Crippen molar-refractivity contribution < 1.29 is 9.18 Å². The molecule has 4 aromatic heterocycles. The SMILES string of the molecule is Cn1ccnc1C#Cc1ccc(CN(C(=O)c2cc3c(cc2F)nc(N)c2cnn(C)c23)C2CC2)nc1. The molecule has 2 N–H and O–H groups in total. The van der Waals surface area contributed by atoms with Crippen LogP contribution in [0.3, 0.4) is 0 Å². The Labute approximate surface area is 211 Å². The zero-order valence-corrected chi connectivity index (χ0v) is 20.3. The number of hydrogen-bond donors (Lipinski definition) is 1. The highest BCUT2D eigenvalue weighted by Crippen LogP contribution is 2.33. The Morgan fingerprint density at radius 1 is 1.16 bits per heavy atom. The number of amides is 1. The summed E-state index contributed by atoms with van der Waals surface area (Å²) in [7, 11) is 3.66.